The second-order valence-electron chi connectivity index (χ2n) is 5.47. The van der Waals surface area contributed by atoms with Crippen molar-refractivity contribution in [2.45, 2.75) is 39.5 Å². The number of hydrogen-bond acceptors (Lipinski definition) is 0. The molecule has 0 N–H and O–H groups in total. The molecule has 0 aliphatic heterocycles. The van der Waals surface area contributed by atoms with Gasteiger partial charge in [-0.15, -0.1) is 0 Å². The largest absolute Gasteiger partial charge is 0.0614 e. The summed E-state index contributed by atoms with van der Waals surface area (Å²) >= 11 is 0. The van der Waals surface area contributed by atoms with Crippen LogP contribution in [0.2, 0.25) is 0 Å². The van der Waals surface area contributed by atoms with Crippen LogP contribution >= 0.6 is 0 Å². The Bertz CT molecular complexity index is 579. The number of benzene rings is 2. The molecule has 1 aliphatic carbocycles. The van der Waals surface area contributed by atoms with E-state index in [0.29, 0.717) is 0 Å². The van der Waals surface area contributed by atoms with Crippen LogP contribution in [-0.4, -0.2) is 0 Å². The minimum Gasteiger partial charge on any atom is -0.0614 e. The van der Waals surface area contributed by atoms with Gasteiger partial charge in [-0.2, -0.15) is 0 Å². The van der Waals surface area contributed by atoms with E-state index in [4.69, 9.17) is 0 Å². The molecule has 0 nitrogen and oxygen atoms in total. The van der Waals surface area contributed by atoms with Gasteiger partial charge in [0.2, 0.25) is 0 Å². The van der Waals surface area contributed by atoms with E-state index in [-0.39, 0.29) is 0 Å². The third kappa shape index (κ3) is 1.96. The molecule has 1 aliphatic rings. The van der Waals surface area contributed by atoms with Gasteiger partial charge in [-0.05, 0) is 67.3 Å². The number of rotatable bonds is 1. The van der Waals surface area contributed by atoms with E-state index in [9.17, 15) is 0 Å². The predicted molar refractivity (Wildman–Crippen MR) is 78.0 cm³/mol. The van der Waals surface area contributed by atoms with Gasteiger partial charge in [0.05, 0.1) is 0 Å². The molecule has 0 fully saturated rings. The zero-order valence-corrected chi connectivity index (χ0v) is 11.3. The Hall–Kier alpha value is -1.56. The van der Waals surface area contributed by atoms with Crippen LogP contribution in [0.5, 0.6) is 0 Å². The molecule has 0 bridgehead atoms. The highest BCUT2D eigenvalue weighted by Gasteiger charge is 2.14. The summed E-state index contributed by atoms with van der Waals surface area (Å²) in [6.07, 6.45) is 5.20. The standard InChI is InChI=1S/C18H20/c1-13-10-11-14(2)18(12-13)17-9-5-7-15-6-3-4-8-16(15)17/h5,7,9-12H,3-4,6,8H2,1-2H3. The van der Waals surface area contributed by atoms with Crippen molar-refractivity contribution < 1.29 is 0 Å². The van der Waals surface area contributed by atoms with Crippen molar-refractivity contribution in [3.8, 4) is 11.1 Å². The summed E-state index contributed by atoms with van der Waals surface area (Å²) in [4.78, 5) is 0. The van der Waals surface area contributed by atoms with Gasteiger partial charge in [-0.25, -0.2) is 0 Å². The lowest BCUT2D eigenvalue weighted by molar-refractivity contribution is 0.687. The van der Waals surface area contributed by atoms with Crippen molar-refractivity contribution in [1.29, 1.82) is 0 Å². The van der Waals surface area contributed by atoms with Crippen LogP contribution in [0.1, 0.15) is 35.1 Å². The second kappa shape index (κ2) is 4.61. The highest BCUT2D eigenvalue weighted by molar-refractivity contribution is 5.72. The van der Waals surface area contributed by atoms with Crippen LogP contribution in [-0.2, 0) is 12.8 Å². The molecule has 0 saturated carbocycles. The monoisotopic (exact) mass is 236 g/mol. The quantitative estimate of drug-likeness (QED) is 0.664. The SMILES string of the molecule is Cc1ccc(C)c(-c2cccc3c2CCCC3)c1. The van der Waals surface area contributed by atoms with Gasteiger partial charge in [-0.1, -0.05) is 42.0 Å². The van der Waals surface area contributed by atoms with Crippen molar-refractivity contribution in [3.63, 3.8) is 0 Å². The first-order valence-electron chi connectivity index (χ1n) is 6.94. The highest BCUT2D eigenvalue weighted by atomic mass is 14.2. The highest BCUT2D eigenvalue weighted by Crippen LogP contribution is 2.33. The van der Waals surface area contributed by atoms with Crippen LogP contribution in [0.25, 0.3) is 11.1 Å². The molecule has 0 heteroatoms. The van der Waals surface area contributed by atoms with Crippen molar-refractivity contribution >= 4 is 0 Å². The van der Waals surface area contributed by atoms with Crippen LogP contribution in [0, 0.1) is 13.8 Å². The first-order chi connectivity index (χ1) is 8.75. The molecule has 0 unspecified atom stereocenters. The fourth-order valence-corrected chi connectivity index (χ4v) is 3.06. The van der Waals surface area contributed by atoms with Gasteiger partial charge >= 0.3 is 0 Å². The Morgan fingerprint density at radius 2 is 1.67 bits per heavy atom. The molecule has 0 heterocycles. The predicted octanol–water partition coefficient (Wildman–Crippen LogP) is 4.85. The zero-order valence-electron chi connectivity index (χ0n) is 11.3. The molecule has 2 aromatic carbocycles. The lowest BCUT2D eigenvalue weighted by Crippen LogP contribution is -2.04. The molecule has 0 atom stereocenters. The Balaban J connectivity index is 2.19. The molecule has 0 saturated heterocycles. The molecular weight excluding hydrogens is 216 g/mol. The van der Waals surface area contributed by atoms with Gasteiger partial charge in [-0.3, -0.25) is 0 Å². The number of aryl methyl sites for hydroxylation is 3. The molecular formula is C18H20. The molecule has 0 spiro atoms. The van der Waals surface area contributed by atoms with Crippen molar-refractivity contribution in [3.05, 3.63) is 58.7 Å². The summed E-state index contributed by atoms with van der Waals surface area (Å²) < 4.78 is 0. The molecule has 92 valence electrons. The average Bonchev–Trinajstić information content (AvgIpc) is 2.41. The van der Waals surface area contributed by atoms with Gasteiger partial charge in [0, 0.05) is 0 Å². The van der Waals surface area contributed by atoms with Crippen molar-refractivity contribution in [2.24, 2.45) is 0 Å². The number of hydrogen-bond donors (Lipinski definition) is 0. The van der Waals surface area contributed by atoms with E-state index >= 15 is 0 Å². The second-order valence-corrected chi connectivity index (χ2v) is 5.47. The molecule has 2 aromatic rings. The molecule has 0 aromatic heterocycles. The van der Waals surface area contributed by atoms with E-state index < -0.39 is 0 Å². The summed E-state index contributed by atoms with van der Waals surface area (Å²) in [7, 11) is 0. The Labute approximate surface area is 110 Å². The van der Waals surface area contributed by atoms with Gasteiger partial charge in [0.15, 0.2) is 0 Å². The van der Waals surface area contributed by atoms with Crippen molar-refractivity contribution in [2.75, 3.05) is 0 Å². The zero-order chi connectivity index (χ0) is 12.5. The lowest BCUT2D eigenvalue weighted by atomic mass is 9.84. The van der Waals surface area contributed by atoms with Gasteiger partial charge in [0.1, 0.15) is 0 Å². The minimum absolute atomic E-state index is 1.25. The summed E-state index contributed by atoms with van der Waals surface area (Å²) in [5.74, 6) is 0. The fraction of sp³-hybridized carbons (Fsp3) is 0.333. The molecule has 3 rings (SSSR count). The summed E-state index contributed by atoms with van der Waals surface area (Å²) in [6.45, 7) is 4.40. The van der Waals surface area contributed by atoms with E-state index in [1.54, 1.807) is 11.1 Å². The maximum Gasteiger partial charge on any atom is -0.0146 e. The third-order valence-corrected chi connectivity index (χ3v) is 4.08. The normalized spacial score (nSPS) is 14.3. The smallest absolute Gasteiger partial charge is 0.0146 e. The Morgan fingerprint density at radius 3 is 2.56 bits per heavy atom. The molecule has 18 heavy (non-hydrogen) atoms. The van der Waals surface area contributed by atoms with Crippen LogP contribution in [0.3, 0.4) is 0 Å². The summed E-state index contributed by atoms with van der Waals surface area (Å²) in [5.41, 5.74) is 8.79. The van der Waals surface area contributed by atoms with Crippen LogP contribution in [0.15, 0.2) is 36.4 Å². The topological polar surface area (TPSA) is 0 Å². The maximum atomic E-state index is 2.33. The summed E-state index contributed by atoms with van der Waals surface area (Å²) in [6, 6.07) is 13.6. The first-order valence-corrected chi connectivity index (χ1v) is 6.94. The fourth-order valence-electron chi connectivity index (χ4n) is 3.06. The van der Waals surface area contributed by atoms with Gasteiger partial charge < -0.3 is 0 Å². The lowest BCUT2D eigenvalue weighted by Gasteiger charge is -2.20. The van der Waals surface area contributed by atoms with E-state index in [2.05, 4.69) is 50.2 Å². The summed E-state index contributed by atoms with van der Waals surface area (Å²) in [5, 5.41) is 0. The van der Waals surface area contributed by atoms with E-state index in [1.807, 2.05) is 0 Å². The molecule has 0 amide bonds. The van der Waals surface area contributed by atoms with Crippen LogP contribution < -0.4 is 0 Å². The minimum atomic E-state index is 1.25. The van der Waals surface area contributed by atoms with Gasteiger partial charge in [0.25, 0.3) is 0 Å². The molecule has 0 radical (unpaired) electrons. The van der Waals surface area contributed by atoms with E-state index in [1.165, 1.54) is 47.9 Å². The number of fused-ring (bicyclic) bond motifs is 1. The Morgan fingerprint density at radius 1 is 0.833 bits per heavy atom. The average molecular weight is 236 g/mol. The van der Waals surface area contributed by atoms with Crippen LogP contribution in [0.4, 0.5) is 0 Å². The van der Waals surface area contributed by atoms with E-state index in [0.717, 1.165) is 0 Å². The third-order valence-electron chi connectivity index (χ3n) is 4.08. The maximum absolute atomic E-state index is 2.33. The first kappa shape index (κ1) is 11.5. The van der Waals surface area contributed by atoms with Crippen molar-refractivity contribution in [1.82, 2.24) is 0 Å². The Kier molecular flexibility index (Phi) is 2.95.